The first kappa shape index (κ1) is 12.0. The maximum absolute atomic E-state index is 13.4. The zero-order chi connectivity index (χ0) is 11.1. The molecule has 1 N–H and O–H groups in total. The van der Waals surface area contributed by atoms with Crippen LogP contribution in [0.2, 0.25) is 0 Å². The van der Waals surface area contributed by atoms with E-state index in [2.05, 4.69) is 12.2 Å². The van der Waals surface area contributed by atoms with Crippen LogP contribution in [-0.4, -0.2) is 19.7 Å². The molecular formula is C12H18FNO. The molecule has 0 amide bonds. The lowest BCUT2D eigenvalue weighted by atomic mass is 10.2. The van der Waals surface area contributed by atoms with Gasteiger partial charge in [-0.2, -0.15) is 0 Å². The Morgan fingerprint density at radius 1 is 1.33 bits per heavy atom. The zero-order valence-corrected chi connectivity index (χ0v) is 9.35. The summed E-state index contributed by atoms with van der Waals surface area (Å²) >= 11 is 0. The van der Waals surface area contributed by atoms with Crippen LogP contribution < -0.4 is 10.1 Å². The lowest BCUT2D eigenvalue weighted by Crippen LogP contribution is -2.21. The van der Waals surface area contributed by atoms with E-state index in [-0.39, 0.29) is 5.82 Å². The third kappa shape index (κ3) is 3.88. The second kappa shape index (κ2) is 6.40. The summed E-state index contributed by atoms with van der Waals surface area (Å²) in [6.07, 6.45) is 1.10. The molecule has 1 aromatic rings. The Hall–Kier alpha value is -1.09. The number of aryl methyl sites for hydroxylation is 1. The predicted molar refractivity (Wildman–Crippen MR) is 59.8 cm³/mol. The maximum Gasteiger partial charge on any atom is 0.167 e. The summed E-state index contributed by atoms with van der Waals surface area (Å²) in [5.74, 6) is 0.0845. The number of hydrogen-bond donors (Lipinski definition) is 1. The van der Waals surface area contributed by atoms with E-state index in [4.69, 9.17) is 4.74 Å². The van der Waals surface area contributed by atoms with Gasteiger partial charge in [0, 0.05) is 6.54 Å². The van der Waals surface area contributed by atoms with Gasteiger partial charge in [-0.25, -0.2) is 4.39 Å². The van der Waals surface area contributed by atoms with Crippen LogP contribution in [0.3, 0.4) is 0 Å². The van der Waals surface area contributed by atoms with Crippen molar-refractivity contribution in [3.63, 3.8) is 0 Å². The molecular weight excluding hydrogens is 193 g/mol. The van der Waals surface area contributed by atoms with Gasteiger partial charge < -0.3 is 10.1 Å². The lowest BCUT2D eigenvalue weighted by molar-refractivity contribution is 0.298. The highest BCUT2D eigenvalue weighted by Crippen LogP contribution is 2.19. The van der Waals surface area contributed by atoms with Crippen molar-refractivity contribution in [1.29, 1.82) is 0 Å². The number of ether oxygens (including phenoxy) is 1. The van der Waals surface area contributed by atoms with Crippen LogP contribution in [0, 0.1) is 12.7 Å². The summed E-state index contributed by atoms with van der Waals surface area (Å²) < 4.78 is 18.8. The number of rotatable bonds is 6. The van der Waals surface area contributed by atoms with E-state index in [0.717, 1.165) is 19.5 Å². The van der Waals surface area contributed by atoms with Gasteiger partial charge in [-0.3, -0.25) is 0 Å². The van der Waals surface area contributed by atoms with Crippen molar-refractivity contribution in [2.75, 3.05) is 19.7 Å². The van der Waals surface area contributed by atoms with Gasteiger partial charge >= 0.3 is 0 Å². The van der Waals surface area contributed by atoms with Crippen LogP contribution in [0.4, 0.5) is 4.39 Å². The number of benzene rings is 1. The van der Waals surface area contributed by atoms with Gasteiger partial charge in [0.2, 0.25) is 0 Å². The van der Waals surface area contributed by atoms with Crippen molar-refractivity contribution < 1.29 is 9.13 Å². The topological polar surface area (TPSA) is 21.3 Å². The molecule has 0 bridgehead atoms. The molecule has 3 heteroatoms. The van der Waals surface area contributed by atoms with Crippen LogP contribution in [0.25, 0.3) is 0 Å². The molecule has 0 saturated heterocycles. The summed E-state index contributed by atoms with van der Waals surface area (Å²) in [5, 5.41) is 3.19. The molecule has 0 fully saturated rings. The van der Waals surface area contributed by atoms with Crippen molar-refractivity contribution >= 4 is 0 Å². The molecule has 84 valence electrons. The minimum Gasteiger partial charge on any atom is -0.489 e. The summed E-state index contributed by atoms with van der Waals surface area (Å²) in [7, 11) is 0. The average molecular weight is 211 g/mol. The van der Waals surface area contributed by atoms with Gasteiger partial charge in [0.15, 0.2) is 11.6 Å². The van der Waals surface area contributed by atoms with Crippen molar-refractivity contribution in [2.24, 2.45) is 0 Å². The predicted octanol–water partition coefficient (Wildman–Crippen LogP) is 2.51. The molecule has 15 heavy (non-hydrogen) atoms. The summed E-state index contributed by atoms with van der Waals surface area (Å²) in [6, 6.07) is 5.19. The van der Waals surface area contributed by atoms with E-state index in [1.807, 2.05) is 0 Å². The average Bonchev–Trinajstić information content (AvgIpc) is 2.24. The summed E-state index contributed by atoms with van der Waals surface area (Å²) in [4.78, 5) is 0. The van der Waals surface area contributed by atoms with Crippen LogP contribution in [0.1, 0.15) is 18.9 Å². The van der Waals surface area contributed by atoms with E-state index in [9.17, 15) is 4.39 Å². The number of nitrogens with one attached hydrogen (secondary N) is 1. The van der Waals surface area contributed by atoms with Gasteiger partial charge in [-0.1, -0.05) is 19.1 Å². The zero-order valence-electron chi connectivity index (χ0n) is 9.35. The van der Waals surface area contributed by atoms with Crippen LogP contribution >= 0.6 is 0 Å². The Morgan fingerprint density at radius 2 is 2.13 bits per heavy atom. The van der Waals surface area contributed by atoms with Crippen molar-refractivity contribution in [3.05, 3.63) is 29.6 Å². The Morgan fingerprint density at radius 3 is 2.87 bits per heavy atom. The molecule has 2 nitrogen and oxygen atoms in total. The standard InChI is InChI=1S/C12H18FNO/c1-3-7-14-8-9-15-11-6-4-5-10(2)12(11)13/h4-6,14H,3,7-9H2,1-2H3. The molecule has 0 atom stereocenters. The normalized spacial score (nSPS) is 10.3. The van der Waals surface area contributed by atoms with Crippen molar-refractivity contribution in [1.82, 2.24) is 5.32 Å². The van der Waals surface area contributed by atoms with Crippen molar-refractivity contribution in [3.8, 4) is 5.75 Å². The third-order valence-electron chi connectivity index (χ3n) is 2.12. The van der Waals surface area contributed by atoms with Gasteiger partial charge in [0.25, 0.3) is 0 Å². The lowest BCUT2D eigenvalue weighted by Gasteiger charge is -2.08. The highest BCUT2D eigenvalue weighted by atomic mass is 19.1. The molecule has 0 spiro atoms. The smallest absolute Gasteiger partial charge is 0.167 e. The monoisotopic (exact) mass is 211 g/mol. The molecule has 0 unspecified atom stereocenters. The first-order valence-electron chi connectivity index (χ1n) is 5.34. The first-order valence-corrected chi connectivity index (χ1v) is 5.34. The maximum atomic E-state index is 13.4. The Bertz CT molecular complexity index is 302. The minimum absolute atomic E-state index is 0.256. The molecule has 0 heterocycles. The molecule has 0 aliphatic rings. The van der Waals surface area contributed by atoms with Gasteiger partial charge in [-0.15, -0.1) is 0 Å². The van der Waals surface area contributed by atoms with Crippen LogP contribution in [0.15, 0.2) is 18.2 Å². The minimum atomic E-state index is -0.256. The van der Waals surface area contributed by atoms with Crippen LogP contribution in [0.5, 0.6) is 5.75 Å². The van der Waals surface area contributed by atoms with Gasteiger partial charge in [0.05, 0.1) is 0 Å². The molecule has 0 saturated carbocycles. The Balaban J connectivity index is 2.34. The largest absolute Gasteiger partial charge is 0.489 e. The highest BCUT2D eigenvalue weighted by Gasteiger charge is 2.04. The molecule has 0 aromatic heterocycles. The molecule has 0 aliphatic carbocycles. The first-order chi connectivity index (χ1) is 7.25. The highest BCUT2D eigenvalue weighted by molar-refractivity contribution is 5.29. The fourth-order valence-electron chi connectivity index (χ4n) is 1.27. The Labute approximate surface area is 90.4 Å². The van der Waals surface area contributed by atoms with E-state index in [1.54, 1.807) is 25.1 Å². The van der Waals surface area contributed by atoms with E-state index in [1.165, 1.54) is 0 Å². The Kier molecular flexibility index (Phi) is 5.12. The second-order valence-corrected chi connectivity index (χ2v) is 3.49. The van der Waals surface area contributed by atoms with E-state index in [0.29, 0.717) is 17.9 Å². The molecule has 1 rings (SSSR count). The molecule has 1 aromatic carbocycles. The third-order valence-corrected chi connectivity index (χ3v) is 2.12. The quantitative estimate of drug-likeness (QED) is 0.730. The fraction of sp³-hybridized carbons (Fsp3) is 0.500. The van der Waals surface area contributed by atoms with Crippen LogP contribution in [-0.2, 0) is 0 Å². The number of hydrogen-bond acceptors (Lipinski definition) is 2. The van der Waals surface area contributed by atoms with E-state index < -0.39 is 0 Å². The molecule has 0 radical (unpaired) electrons. The van der Waals surface area contributed by atoms with E-state index >= 15 is 0 Å². The second-order valence-electron chi connectivity index (χ2n) is 3.49. The SMILES string of the molecule is CCCNCCOc1cccc(C)c1F. The fourth-order valence-corrected chi connectivity index (χ4v) is 1.27. The van der Waals surface area contributed by atoms with Gasteiger partial charge in [-0.05, 0) is 31.5 Å². The molecule has 0 aliphatic heterocycles. The van der Waals surface area contributed by atoms with Crippen molar-refractivity contribution in [2.45, 2.75) is 20.3 Å². The van der Waals surface area contributed by atoms with Gasteiger partial charge in [0.1, 0.15) is 6.61 Å². The summed E-state index contributed by atoms with van der Waals surface area (Å²) in [5.41, 5.74) is 0.619. The number of halogens is 1. The summed E-state index contributed by atoms with van der Waals surface area (Å²) in [6.45, 7) is 6.06.